The molecular weight excluding hydrogens is 431 g/mol. The van der Waals surface area contributed by atoms with Gasteiger partial charge in [0, 0.05) is 30.1 Å². The number of halogens is 3. The number of fused-ring (bicyclic) bond motifs is 1. The van der Waals surface area contributed by atoms with Crippen LogP contribution in [-0.4, -0.2) is 30.5 Å². The number of ether oxygens (including phenoxy) is 2. The average Bonchev–Trinajstić information content (AvgIpc) is 2.76. The van der Waals surface area contributed by atoms with E-state index in [1.807, 2.05) is 31.2 Å². The lowest BCUT2D eigenvalue weighted by Gasteiger charge is -2.38. The van der Waals surface area contributed by atoms with Crippen molar-refractivity contribution < 1.29 is 22.6 Å². The van der Waals surface area contributed by atoms with Crippen LogP contribution in [0.2, 0.25) is 0 Å². The third-order valence-corrected chi connectivity index (χ3v) is 6.12. The van der Waals surface area contributed by atoms with E-state index in [0.29, 0.717) is 12.1 Å². The second-order valence-electron chi connectivity index (χ2n) is 8.58. The number of hydrogen-bond acceptors (Lipinski definition) is 5. The molecule has 5 nitrogen and oxygen atoms in total. The summed E-state index contributed by atoms with van der Waals surface area (Å²) < 4.78 is 47.7. The first-order valence-electron chi connectivity index (χ1n) is 11.0. The molecule has 0 aliphatic heterocycles. The number of aromatic nitrogens is 1. The maximum Gasteiger partial charge on any atom is 0.573 e. The molecule has 3 aromatic rings. The molecule has 0 spiro atoms. The van der Waals surface area contributed by atoms with Crippen molar-refractivity contribution in [3.8, 4) is 11.5 Å². The van der Waals surface area contributed by atoms with Gasteiger partial charge in [-0.05, 0) is 74.1 Å². The van der Waals surface area contributed by atoms with Gasteiger partial charge >= 0.3 is 6.36 Å². The Morgan fingerprint density at radius 3 is 2.64 bits per heavy atom. The summed E-state index contributed by atoms with van der Waals surface area (Å²) in [6.07, 6.45) is -1.01. The predicted molar refractivity (Wildman–Crippen MR) is 123 cm³/mol. The van der Waals surface area contributed by atoms with E-state index in [1.165, 1.54) is 12.1 Å². The second kappa shape index (κ2) is 9.47. The Balaban J connectivity index is 1.72. The van der Waals surface area contributed by atoms with E-state index in [9.17, 15) is 13.2 Å². The maximum atomic E-state index is 12.7. The van der Waals surface area contributed by atoms with E-state index in [2.05, 4.69) is 9.64 Å². The molecule has 0 unspecified atom stereocenters. The smallest absolute Gasteiger partial charge is 0.497 e. The van der Waals surface area contributed by atoms with E-state index in [-0.39, 0.29) is 17.8 Å². The molecule has 0 amide bonds. The summed E-state index contributed by atoms with van der Waals surface area (Å²) in [5.41, 5.74) is 8.86. The molecule has 33 heavy (non-hydrogen) atoms. The van der Waals surface area contributed by atoms with Crippen molar-refractivity contribution in [1.29, 1.82) is 0 Å². The van der Waals surface area contributed by atoms with Gasteiger partial charge in [0.1, 0.15) is 17.3 Å². The Kier molecular flexibility index (Phi) is 6.65. The van der Waals surface area contributed by atoms with E-state index in [0.717, 1.165) is 53.7 Å². The molecule has 2 atom stereocenters. The number of nitrogens with zero attached hydrogens (tertiary/aromatic N) is 2. The molecule has 0 saturated heterocycles. The van der Waals surface area contributed by atoms with Gasteiger partial charge in [-0.15, -0.1) is 13.2 Å². The van der Waals surface area contributed by atoms with E-state index >= 15 is 0 Å². The average molecular weight is 460 g/mol. The van der Waals surface area contributed by atoms with E-state index < -0.39 is 6.36 Å². The molecule has 2 N–H and O–H groups in total. The van der Waals surface area contributed by atoms with Crippen LogP contribution in [0.1, 0.15) is 36.8 Å². The van der Waals surface area contributed by atoms with Crippen molar-refractivity contribution in [3.63, 3.8) is 0 Å². The van der Waals surface area contributed by atoms with E-state index in [4.69, 9.17) is 15.5 Å². The van der Waals surface area contributed by atoms with Gasteiger partial charge in [-0.25, -0.2) is 4.98 Å². The number of rotatable bonds is 6. The van der Waals surface area contributed by atoms with Crippen molar-refractivity contribution >= 4 is 16.7 Å². The number of methoxy groups -OCH3 is 1. The summed E-state index contributed by atoms with van der Waals surface area (Å²) in [5.74, 6) is 1.26. The van der Waals surface area contributed by atoms with Crippen LogP contribution in [0, 0.1) is 6.92 Å². The summed E-state index contributed by atoms with van der Waals surface area (Å²) in [7, 11) is 1.61. The number of alkyl halides is 3. The fourth-order valence-corrected chi connectivity index (χ4v) is 4.56. The Hall–Kier alpha value is -3.00. The highest BCUT2D eigenvalue weighted by molar-refractivity contribution is 5.85. The first kappa shape index (κ1) is 23.2. The lowest BCUT2D eigenvalue weighted by molar-refractivity contribution is -0.274. The molecule has 0 radical (unpaired) electrons. The molecule has 2 aromatic carbocycles. The lowest BCUT2D eigenvalue weighted by Crippen LogP contribution is -2.42. The van der Waals surface area contributed by atoms with Gasteiger partial charge < -0.3 is 20.1 Å². The molecule has 0 bridgehead atoms. The fourth-order valence-electron chi connectivity index (χ4n) is 4.56. The summed E-state index contributed by atoms with van der Waals surface area (Å²) in [6, 6.07) is 14.2. The van der Waals surface area contributed by atoms with Crippen LogP contribution >= 0.6 is 0 Å². The number of pyridine rings is 1. The van der Waals surface area contributed by atoms with Crippen molar-refractivity contribution in [1.82, 2.24) is 4.98 Å². The van der Waals surface area contributed by atoms with Crippen LogP contribution in [0.5, 0.6) is 11.5 Å². The van der Waals surface area contributed by atoms with Crippen LogP contribution in [-0.2, 0) is 6.54 Å². The van der Waals surface area contributed by atoms with Gasteiger partial charge in [0.25, 0.3) is 0 Å². The minimum Gasteiger partial charge on any atom is -0.497 e. The topological polar surface area (TPSA) is 60.6 Å². The highest BCUT2D eigenvalue weighted by atomic mass is 19.4. The third-order valence-electron chi connectivity index (χ3n) is 6.12. The van der Waals surface area contributed by atoms with E-state index in [1.54, 1.807) is 19.2 Å². The number of nitrogens with two attached hydrogens (primary N) is 1. The summed E-state index contributed by atoms with van der Waals surface area (Å²) >= 11 is 0. The number of anilines is 1. The summed E-state index contributed by atoms with van der Waals surface area (Å²) in [5, 5.41) is 1.03. The molecule has 1 saturated carbocycles. The van der Waals surface area contributed by atoms with Crippen LogP contribution in [0.25, 0.3) is 10.9 Å². The first-order chi connectivity index (χ1) is 15.7. The Labute approximate surface area is 191 Å². The molecule has 176 valence electrons. The highest BCUT2D eigenvalue weighted by Gasteiger charge is 2.31. The Morgan fingerprint density at radius 2 is 1.91 bits per heavy atom. The van der Waals surface area contributed by atoms with Crippen molar-refractivity contribution in [2.24, 2.45) is 5.73 Å². The minimum atomic E-state index is -4.73. The predicted octanol–water partition coefficient (Wildman–Crippen LogP) is 5.73. The zero-order valence-electron chi connectivity index (χ0n) is 18.7. The first-order valence-corrected chi connectivity index (χ1v) is 11.0. The molecule has 1 fully saturated rings. The van der Waals surface area contributed by atoms with Crippen LogP contribution in [0.15, 0.2) is 48.5 Å². The number of aryl methyl sites for hydroxylation is 1. The minimum absolute atomic E-state index is 0.0906. The molecule has 1 aromatic heterocycles. The SMILES string of the molecule is COc1ccc2c(C)cc(N(Cc3cccc(OC(F)(F)F)c3)[C@H]3CCC[C@H](N)C3)nc2c1. The standard InChI is InChI=1S/C25H28F3N3O2/c1-16-11-24(30-23-14-20(32-2)9-10-22(16)23)31(19-7-4-6-18(29)13-19)15-17-5-3-8-21(12-17)33-25(26,27)28/h3,5,8-12,14,18-19H,4,6-7,13,15,29H2,1-2H3/t18-,19-/m0/s1. The molecule has 1 heterocycles. The Morgan fingerprint density at radius 1 is 1.09 bits per heavy atom. The number of hydrogen-bond donors (Lipinski definition) is 1. The zero-order valence-corrected chi connectivity index (χ0v) is 18.7. The van der Waals surface area contributed by atoms with Gasteiger partial charge in [-0.1, -0.05) is 12.1 Å². The van der Waals surface area contributed by atoms with Crippen molar-refractivity contribution in [3.05, 3.63) is 59.7 Å². The van der Waals surface area contributed by atoms with Gasteiger partial charge in [0.15, 0.2) is 0 Å². The van der Waals surface area contributed by atoms with Gasteiger partial charge in [-0.2, -0.15) is 0 Å². The van der Waals surface area contributed by atoms with Crippen LogP contribution in [0.3, 0.4) is 0 Å². The van der Waals surface area contributed by atoms with Crippen molar-refractivity contribution in [2.75, 3.05) is 12.0 Å². The van der Waals surface area contributed by atoms with Gasteiger partial charge in [-0.3, -0.25) is 0 Å². The summed E-state index contributed by atoms with van der Waals surface area (Å²) in [4.78, 5) is 7.08. The zero-order chi connectivity index (χ0) is 23.6. The lowest BCUT2D eigenvalue weighted by atomic mass is 9.90. The molecular formula is C25H28F3N3O2. The largest absolute Gasteiger partial charge is 0.573 e. The molecule has 1 aliphatic rings. The van der Waals surface area contributed by atoms with Gasteiger partial charge in [0.2, 0.25) is 0 Å². The second-order valence-corrected chi connectivity index (χ2v) is 8.58. The fraction of sp³-hybridized carbons (Fsp3) is 0.400. The summed E-state index contributed by atoms with van der Waals surface area (Å²) in [6.45, 7) is 2.43. The van der Waals surface area contributed by atoms with Gasteiger partial charge in [0.05, 0.1) is 12.6 Å². The monoisotopic (exact) mass is 459 g/mol. The maximum absolute atomic E-state index is 12.7. The molecule has 4 rings (SSSR count). The molecule has 8 heteroatoms. The Bertz CT molecular complexity index is 1120. The third kappa shape index (κ3) is 5.68. The van der Waals surface area contributed by atoms with Crippen molar-refractivity contribution in [2.45, 2.75) is 57.6 Å². The van der Waals surface area contributed by atoms with Crippen LogP contribution in [0.4, 0.5) is 19.0 Å². The quantitative estimate of drug-likeness (QED) is 0.510. The normalized spacial score (nSPS) is 18.8. The van der Waals surface area contributed by atoms with Crippen LogP contribution < -0.4 is 20.1 Å². The molecule has 1 aliphatic carbocycles. The highest BCUT2D eigenvalue weighted by Crippen LogP contribution is 2.32. The number of benzene rings is 2.